The third kappa shape index (κ3) is 3.03. The van der Waals surface area contributed by atoms with E-state index in [9.17, 15) is 0 Å². The minimum Gasteiger partial charge on any atom is -0.497 e. The summed E-state index contributed by atoms with van der Waals surface area (Å²) >= 11 is 0. The molecule has 1 unspecified atom stereocenters. The monoisotopic (exact) mass is 249 g/mol. The van der Waals surface area contributed by atoms with Crippen molar-refractivity contribution in [2.24, 2.45) is 0 Å². The van der Waals surface area contributed by atoms with Crippen molar-refractivity contribution in [3.05, 3.63) is 29.8 Å². The van der Waals surface area contributed by atoms with Crippen LogP contribution in [0, 0.1) is 0 Å². The molecule has 1 heterocycles. The van der Waals surface area contributed by atoms with Gasteiger partial charge in [0, 0.05) is 12.6 Å². The zero-order valence-corrected chi connectivity index (χ0v) is 11.6. The molecule has 0 amide bonds. The normalized spacial score (nSPS) is 25.1. The molecule has 0 saturated carbocycles. The Morgan fingerprint density at radius 1 is 1.44 bits per heavy atom. The molecule has 18 heavy (non-hydrogen) atoms. The molecule has 1 aromatic rings. The Balaban J connectivity index is 2.08. The van der Waals surface area contributed by atoms with Crippen LogP contribution in [0.3, 0.4) is 0 Å². The fraction of sp³-hybridized carbons (Fsp3) is 0.600. The molecule has 1 aromatic carbocycles. The summed E-state index contributed by atoms with van der Waals surface area (Å²) in [6.45, 7) is 7.38. The van der Waals surface area contributed by atoms with Gasteiger partial charge in [-0.2, -0.15) is 0 Å². The second kappa shape index (κ2) is 6.21. The number of nitrogens with zero attached hydrogens (tertiary/aromatic N) is 1. The quantitative estimate of drug-likeness (QED) is 0.819. The summed E-state index contributed by atoms with van der Waals surface area (Å²) in [6.07, 6.45) is 1.36. The molecule has 0 spiro atoms. The van der Waals surface area contributed by atoms with Gasteiger partial charge in [-0.25, -0.2) is 0 Å². The third-order valence-electron chi connectivity index (χ3n) is 3.54. The molecule has 100 valence electrons. The van der Waals surface area contributed by atoms with E-state index >= 15 is 0 Å². The summed E-state index contributed by atoms with van der Waals surface area (Å²) in [5.41, 5.74) is 1.21. The Morgan fingerprint density at radius 2 is 2.28 bits per heavy atom. The van der Waals surface area contributed by atoms with Crippen molar-refractivity contribution in [3.8, 4) is 5.75 Å². The van der Waals surface area contributed by atoms with Crippen LogP contribution in [0.25, 0.3) is 0 Å². The molecule has 1 aliphatic heterocycles. The van der Waals surface area contributed by atoms with E-state index in [0.717, 1.165) is 25.4 Å². The fourth-order valence-electron chi connectivity index (χ4n) is 2.45. The van der Waals surface area contributed by atoms with Crippen LogP contribution in [0.2, 0.25) is 0 Å². The lowest BCUT2D eigenvalue weighted by atomic mass is 10.1. The lowest BCUT2D eigenvalue weighted by molar-refractivity contribution is -0.0598. The molecular weight excluding hydrogens is 226 g/mol. The standard InChI is InChI=1S/C15H23NO2/c1-4-8-16-10-15(18-11-12(16)2)13-6-5-7-14(9-13)17-3/h5-7,9,12,15H,4,8,10-11H2,1-3H3/t12-,15?/m0/s1. The number of hydrogen-bond donors (Lipinski definition) is 0. The van der Waals surface area contributed by atoms with Gasteiger partial charge in [0.25, 0.3) is 0 Å². The van der Waals surface area contributed by atoms with Crippen molar-refractivity contribution in [3.63, 3.8) is 0 Å². The Labute approximate surface area is 110 Å². The van der Waals surface area contributed by atoms with Crippen LogP contribution in [-0.2, 0) is 4.74 Å². The van der Waals surface area contributed by atoms with Crippen molar-refractivity contribution in [1.82, 2.24) is 4.90 Å². The highest BCUT2D eigenvalue weighted by atomic mass is 16.5. The fourth-order valence-corrected chi connectivity index (χ4v) is 2.45. The number of rotatable bonds is 4. The van der Waals surface area contributed by atoms with E-state index in [0.29, 0.717) is 6.04 Å². The van der Waals surface area contributed by atoms with Gasteiger partial charge in [0.15, 0.2) is 0 Å². The Bertz CT molecular complexity index is 381. The van der Waals surface area contributed by atoms with Gasteiger partial charge in [-0.15, -0.1) is 0 Å². The lowest BCUT2D eigenvalue weighted by Crippen LogP contribution is -2.45. The molecule has 2 rings (SSSR count). The van der Waals surface area contributed by atoms with Crippen molar-refractivity contribution in [1.29, 1.82) is 0 Å². The van der Waals surface area contributed by atoms with E-state index in [1.165, 1.54) is 12.0 Å². The van der Waals surface area contributed by atoms with Gasteiger partial charge in [0.1, 0.15) is 5.75 Å². The van der Waals surface area contributed by atoms with Gasteiger partial charge >= 0.3 is 0 Å². The van der Waals surface area contributed by atoms with Crippen molar-refractivity contribution in [2.75, 3.05) is 26.8 Å². The Morgan fingerprint density at radius 3 is 3.00 bits per heavy atom. The third-order valence-corrected chi connectivity index (χ3v) is 3.54. The molecule has 1 saturated heterocycles. The average molecular weight is 249 g/mol. The first-order valence-corrected chi connectivity index (χ1v) is 6.74. The van der Waals surface area contributed by atoms with Crippen LogP contribution in [0.1, 0.15) is 31.9 Å². The molecule has 1 fully saturated rings. The van der Waals surface area contributed by atoms with Gasteiger partial charge < -0.3 is 9.47 Å². The highest BCUT2D eigenvalue weighted by molar-refractivity contribution is 5.30. The SMILES string of the molecule is CCCN1CC(c2cccc(OC)c2)OC[C@@H]1C. The van der Waals surface area contributed by atoms with Crippen molar-refractivity contribution < 1.29 is 9.47 Å². The molecule has 0 aliphatic carbocycles. The summed E-state index contributed by atoms with van der Waals surface area (Å²) in [4.78, 5) is 2.51. The summed E-state index contributed by atoms with van der Waals surface area (Å²) in [7, 11) is 1.70. The molecule has 2 atom stereocenters. The molecule has 3 heteroatoms. The van der Waals surface area contributed by atoms with E-state index in [1.807, 2.05) is 12.1 Å². The summed E-state index contributed by atoms with van der Waals surface area (Å²) in [5, 5.41) is 0. The lowest BCUT2D eigenvalue weighted by Gasteiger charge is -2.38. The topological polar surface area (TPSA) is 21.7 Å². The van der Waals surface area contributed by atoms with Crippen LogP contribution < -0.4 is 4.74 Å². The molecule has 1 aliphatic rings. The van der Waals surface area contributed by atoms with Gasteiger partial charge in [-0.05, 0) is 37.6 Å². The number of benzene rings is 1. The summed E-state index contributed by atoms with van der Waals surface area (Å²) < 4.78 is 11.2. The van der Waals surface area contributed by atoms with Gasteiger partial charge in [-0.3, -0.25) is 4.90 Å². The van der Waals surface area contributed by atoms with Crippen LogP contribution in [0.4, 0.5) is 0 Å². The van der Waals surface area contributed by atoms with Crippen LogP contribution in [0.5, 0.6) is 5.75 Å². The number of ether oxygens (including phenoxy) is 2. The summed E-state index contributed by atoms with van der Waals surface area (Å²) in [5.74, 6) is 0.900. The van der Waals surface area contributed by atoms with Crippen LogP contribution in [-0.4, -0.2) is 37.7 Å². The molecule has 0 bridgehead atoms. The summed E-state index contributed by atoms with van der Waals surface area (Å²) in [6, 6.07) is 8.71. The maximum absolute atomic E-state index is 5.96. The predicted molar refractivity (Wildman–Crippen MR) is 73.0 cm³/mol. The largest absolute Gasteiger partial charge is 0.497 e. The van der Waals surface area contributed by atoms with Crippen LogP contribution in [0.15, 0.2) is 24.3 Å². The van der Waals surface area contributed by atoms with E-state index in [4.69, 9.17) is 9.47 Å². The molecule has 0 N–H and O–H groups in total. The number of methoxy groups -OCH3 is 1. The minimum absolute atomic E-state index is 0.169. The first-order valence-electron chi connectivity index (χ1n) is 6.74. The molecular formula is C15H23NO2. The highest BCUT2D eigenvalue weighted by Gasteiger charge is 2.26. The first-order chi connectivity index (χ1) is 8.74. The predicted octanol–water partition coefficient (Wildman–Crippen LogP) is 2.87. The highest BCUT2D eigenvalue weighted by Crippen LogP contribution is 2.27. The maximum Gasteiger partial charge on any atom is 0.119 e. The molecule has 3 nitrogen and oxygen atoms in total. The second-order valence-corrected chi connectivity index (χ2v) is 4.94. The first kappa shape index (κ1) is 13.4. The van der Waals surface area contributed by atoms with E-state index < -0.39 is 0 Å². The van der Waals surface area contributed by atoms with E-state index in [1.54, 1.807) is 7.11 Å². The van der Waals surface area contributed by atoms with Gasteiger partial charge in [-0.1, -0.05) is 19.1 Å². The van der Waals surface area contributed by atoms with Crippen molar-refractivity contribution >= 4 is 0 Å². The Hall–Kier alpha value is -1.06. The zero-order chi connectivity index (χ0) is 13.0. The smallest absolute Gasteiger partial charge is 0.119 e. The Kier molecular flexibility index (Phi) is 4.61. The molecule has 0 radical (unpaired) electrons. The molecule has 0 aromatic heterocycles. The van der Waals surface area contributed by atoms with Gasteiger partial charge in [0.05, 0.1) is 19.8 Å². The van der Waals surface area contributed by atoms with Crippen molar-refractivity contribution in [2.45, 2.75) is 32.4 Å². The van der Waals surface area contributed by atoms with E-state index in [2.05, 4.69) is 30.9 Å². The average Bonchev–Trinajstić information content (AvgIpc) is 2.41. The van der Waals surface area contributed by atoms with Gasteiger partial charge in [0.2, 0.25) is 0 Å². The second-order valence-electron chi connectivity index (χ2n) is 4.94. The zero-order valence-electron chi connectivity index (χ0n) is 11.6. The van der Waals surface area contributed by atoms with Crippen LogP contribution >= 0.6 is 0 Å². The maximum atomic E-state index is 5.96. The van der Waals surface area contributed by atoms with E-state index in [-0.39, 0.29) is 6.10 Å². The number of hydrogen-bond acceptors (Lipinski definition) is 3. The minimum atomic E-state index is 0.169. The number of morpholine rings is 1.